The highest BCUT2D eigenvalue weighted by molar-refractivity contribution is 5.94. The van der Waals surface area contributed by atoms with Crippen molar-refractivity contribution >= 4 is 24.2 Å². The summed E-state index contributed by atoms with van der Waals surface area (Å²) in [7, 11) is 0. The van der Waals surface area contributed by atoms with E-state index in [9.17, 15) is 9.59 Å². The van der Waals surface area contributed by atoms with Gasteiger partial charge in [-0.1, -0.05) is 18.2 Å². The molecule has 5 nitrogen and oxygen atoms in total. The first-order chi connectivity index (χ1) is 9.09. The summed E-state index contributed by atoms with van der Waals surface area (Å²) in [6, 6.07) is 8.72. The second-order valence-electron chi connectivity index (χ2n) is 4.77. The van der Waals surface area contributed by atoms with Gasteiger partial charge in [0.1, 0.15) is 0 Å². The largest absolute Gasteiger partial charge is 0.338 e. The lowest BCUT2D eigenvalue weighted by molar-refractivity contribution is -0.133. The van der Waals surface area contributed by atoms with Gasteiger partial charge in [-0.25, -0.2) is 0 Å². The van der Waals surface area contributed by atoms with E-state index in [1.165, 1.54) is 0 Å². The lowest BCUT2D eigenvalue weighted by atomic mass is 10.1. The molecule has 0 unspecified atom stereocenters. The third kappa shape index (κ3) is 3.71. The summed E-state index contributed by atoms with van der Waals surface area (Å²) < 4.78 is 0. The van der Waals surface area contributed by atoms with E-state index < -0.39 is 6.04 Å². The molecule has 1 heterocycles. The van der Waals surface area contributed by atoms with Crippen LogP contribution < -0.4 is 5.73 Å². The summed E-state index contributed by atoms with van der Waals surface area (Å²) in [6.07, 6.45) is 0. The molecule has 0 spiro atoms. The zero-order chi connectivity index (χ0) is 13.8. The molecule has 20 heavy (non-hydrogen) atoms. The second-order valence-corrected chi connectivity index (χ2v) is 4.77. The van der Waals surface area contributed by atoms with Crippen molar-refractivity contribution in [3.05, 3.63) is 35.9 Å². The van der Waals surface area contributed by atoms with Crippen LogP contribution in [0.2, 0.25) is 0 Å². The van der Waals surface area contributed by atoms with E-state index in [0.29, 0.717) is 31.7 Å². The van der Waals surface area contributed by atoms with Gasteiger partial charge in [-0.05, 0) is 19.1 Å². The van der Waals surface area contributed by atoms with Crippen LogP contribution in [0, 0.1) is 0 Å². The first kappa shape index (κ1) is 16.5. The van der Waals surface area contributed by atoms with Gasteiger partial charge in [0, 0.05) is 31.7 Å². The van der Waals surface area contributed by atoms with Crippen LogP contribution in [0.25, 0.3) is 0 Å². The number of rotatable bonds is 2. The zero-order valence-electron chi connectivity index (χ0n) is 11.5. The maximum atomic E-state index is 12.2. The molecule has 0 aliphatic carbocycles. The van der Waals surface area contributed by atoms with Crippen LogP contribution in [-0.2, 0) is 4.79 Å². The van der Waals surface area contributed by atoms with Crippen molar-refractivity contribution in [3.63, 3.8) is 0 Å². The third-order valence-electron chi connectivity index (χ3n) is 3.29. The van der Waals surface area contributed by atoms with Crippen LogP contribution in [-0.4, -0.2) is 53.8 Å². The number of amides is 2. The number of nitrogens with two attached hydrogens (primary N) is 1. The van der Waals surface area contributed by atoms with Gasteiger partial charge in [0.05, 0.1) is 6.04 Å². The molecule has 1 aliphatic rings. The van der Waals surface area contributed by atoms with Crippen molar-refractivity contribution in [1.82, 2.24) is 9.80 Å². The number of halogens is 1. The molecule has 6 heteroatoms. The van der Waals surface area contributed by atoms with Crippen LogP contribution >= 0.6 is 12.4 Å². The summed E-state index contributed by atoms with van der Waals surface area (Å²) in [5.41, 5.74) is 6.27. The van der Waals surface area contributed by atoms with Gasteiger partial charge in [-0.15, -0.1) is 12.4 Å². The molecule has 1 aromatic rings. The van der Waals surface area contributed by atoms with Crippen LogP contribution in [0.4, 0.5) is 0 Å². The molecule has 1 aliphatic heterocycles. The van der Waals surface area contributed by atoms with Crippen molar-refractivity contribution in [3.8, 4) is 0 Å². The van der Waals surface area contributed by atoms with Gasteiger partial charge in [-0.3, -0.25) is 9.59 Å². The second kappa shape index (κ2) is 7.26. The molecule has 1 aromatic carbocycles. The predicted molar refractivity (Wildman–Crippen MR) is 79.8 cm³/mol. The average Bonchev–Trinajstić information content (AvgIpc) is 2.46. The topological polar surface area (TPSA) is 66.6 Å². The molecule has 2 amide bonds. The Balaban J connectivity index is 0.00000200. The zero-order valence-corrected chi connectivity index (χ0v) is 12.3. The molecule has 2 N–H and O–H groups in total. The highest BCUT2D eigenvalue weighted by Crippen LogP contribution is 2.09. The predicted octanol–water partition coefficient (Wildman–Crippen LogP) is 0.740. The smallest absolute Gasteiger partial charge is 0.253 e. The first-order valence-corrected chi connectivity index (χ1v) is 6.48. The van der Waals surface area contributed by atoms with Gasteiger partial charge >= 0.3 is 0 Å². The molecule has 0 radical (unpaired) electrons. The fourth-order valence-corrected chi connectivity index (χ4v) is 2.18. The van der Waals surface area contributed by atoms with Crippen molar-refractivity contribution in [2.45, 2.75) is 13.0 Å². The first-order valence-electron chi connectivity index (χ1n) is 6.48. The van der Waals surface area contributed by atoms with Gasteiger partial charge < -0.3 is 15.5 Å². The number of hydrogen-bond donors (Lipinski definition) is 1. The van der Waals surface area contributed by atoms with E-state index in [2.05, 4.69) is 0 Å². The van der Waals surface area contributed by atoms with Crippen LogP contribution in [0.5, 0.6) is 0 Å². The van der Waals surface area contributed by atoms with Gasteiger partial charge in [0.25, 0.3) is 5.91 Å². The number of carbonyl (C=O) groups excluding carboxylic acids is 2. The van der Waals surface area contributed by atoms with Crippen molar-refractivity contribution in [2.75, 3.05) is 26.2 Å². The van der Waals surface area contributed by atoms with E-state index in [0.717, 1.165) is 0 Å². The summed E-state index contributed by atoms with van der Waals surface area (Å²) in [6.45, 7) is 3.92. The number of piperazine rings is 1. The fourth-order valence-electron chi connectivity index (χ4n) is 2.18. The van der Waals surface area contributed by atoms with E-state index >= 15 is 0 Å². The molecule has 2 rings (SSSR count). The molecule has 0 saturated carbocycles. The van der Waals surface area contributed by atoms with Gasteiger partial charge in [0.2, 0.25) is 5.91 Å². The Morgan fingerprint density at radius 2 is 1.55 bits per heavy atom. The van der Waals surface area contributed by atoms with Crippen LogP contribution in [0.3, 0.4) is 0 Å². The normalized spacial score (nSPS) is 16.3. The van der Waals surface area contributed by atoms with Crippen LogP contribution in [0.15, 0.2) is 30.3 Å². The van der Waals surface area contributed by atoms with E-state index in [4.69, 9.17) is 5.73 Å². The Morgan fingerprint density at radius 1 is 1.05 bits per heavy atom. The van der Waals surface area contributed by atoms with E-state index in [1.807, 2.05) is 30.3 Å². The maximum absolute atomic E-state index is 12.2. The lowest BCUT2D eigenvalue weighted by Crippen LogP contribution is -2.53. The average molecular weight is 298 g/mol. The van der Waals surface area contributed by atoms with Crippen molar-refractivity contribution < 1.29 is 9.59 Å². The Morgan fingerprint density at radius 3 is 2.05 bits per heavy atom. The molecular weight excluding hydrogens is 278 g/mol. The summed E-state index contributed by atoms with van der Waals surface area (Å²) in [4.78, 5) is 27.4. The van der Waals surface area contributed by atoms with Crippen molar-refractivity contribution in [2.24, 2.45) is 5.73 Å². The molecule has 1 fully saturated rings. The minimum absolute atomic E-state index is 0. The fraction of sp³-hybridized carbons (Fsp3) is 0.429. The Bertz CT molecular complexity index is 457. The highest BCUT2D eigenvalue weighted by Gasteiger charge is 2.25. The van der Waals surface area contributed by atoms with E-state index in [-0.39, 0.29) is 24.2 Å². The summed E-state index contributed by atoms with van der Waals surface area (Å²) in [5.74, 6) is -0.0275. The molecule has 1 saturated heterocycles. The number of benzene rings is 1. The highest BCUT2D eigenvalue weighted by atomic mass is 35.5. The Hall–Kier alpha value is -1.59. The maximum Gasteiger partial charge on any atom is 0.253 e. The number of nitrogens with zero attached hydrogens (tertiary/aromatic N) is 2. The minimum Gasteiger partial charge on any atom is -0.338 e. The molecule has 110 valence electrons. The molecule has 1 atom stereocenters. The summed E-state index contributed by atoms with van der Waals surface area (Å²) in [5, 5.41) is 0. The lowest BCUT2D eigenvalue weighted by Gasteiger charge is -2.35. The SMILES string of the molecule is C[C@@H](N)C(=O)N1CCN(C(=O)c2ccccc2)CC1.Cl. The van der Waals surface area contributed by atoms with Crippen molar-refractivity contribution in [1.29, 1.82) is 0 Å². The van der Waals surface area contributed by atoms with Gasteiger partial charge in [0.15, 0.2) is 0 Å². The minimum atomic E-state index is -0.476. The van der Waals surface area contributed by atoms with E-state index in [1.54, 1.807) is 16.7 Å². The van der Waals surface area contributed by atoms with Gasteiger partial charge in [-0.2, -0.15) is 0 Å². The number of hydrogen-bond acceptors (Lipinski definition) is 3. The quantitative estimate of drug-likeness (QED) is 0.875. The Labute approximate surface area is 125 Å². The molecular formula is C14H20ClN3O2. The molecule has 0 bridgehead atoms. The summed E-state index contributed by atoms with van der Waals surface area (Å²) >= 11 is 0. The Kier molecular flexibility index (Phi) is 5.98. The standard InChI is InChI=1S/C14H19N3O2.ClH/c1-11(15)13(18)16-7-9-17(10-8-16)14(19)12-5-3-2-4-6-12;/h2-6,11H,7-10,15H2,1H3;1H/t11-;/m1./s1. The number of carbonyl (C=O) groups is 2. The molecule has 0 aromatic heterocycles. The van der Waals surface area contributed by atoms with Crippen LogP contribution in [0.1, 0.15) is 17.3 Å². The third-order valence-corrected chi connectivity index (χ3v) is 3.29. The monoisotopic (exact) mass is 297 g/mol.